The first-order valence-electron chi connectivity index (χ1n) is 6.96. The number of methoxy groups -OCH3 is 1. The van der Waals surface area contributed by atoms with Gasteiger partial charge in [-0.2, -0.15) is 4.98 Å². The minimum atomic E-state index is -2.52. The third kappa shape index (κ3) is 4.75. The molecule has 6 nitrogen and oxygen atoms in total. The number of nitrogens with zero attached hydrogens (tertiary/aromatic N) is 2. The van der Waals surface area contributed by atoms with Gasteiger partial charge in [0.1, 0.15) is 5.82 Å². The zero-order valence-electron chi connectivity index (χ0n) is 12.2. The number of hydrogen-bond acceptors (Lipinski definition) is 6. The topological polar surface area (TPSA) is 71.1 Å². The Morgan fingerprint density at radius 3 is 2.67 bits per heavy atom. The fourth-order valence-electron chi connectivity index (χ4n) is 2.35. The van der Waals surface area contributed by atoms with Crippen molar-refractivity contribution in [1.82, 2.24) is 15.4 Å². The van der Waals surface area contributed by atoms with Gasteiger partial charge in [0.05, 0.1) is 12.3 Å². The number of aromatic nitrogens is 2. The summed E-state index contributed by atoms with van der Waals surface area (Å²) in [5.41, 5.74) is 6.28. The van der Waals surface area contributed by atoms with Crippen LogP contribution >= 0.6 is 0 Å². The molecule has 1 aromatic heterocycles. The van der Waals surface area contributed by atoms with E-state index >= 15 is 0 Å². The zero-order valence-corrected chi connectivity index (χ0v) is 12.2. The maximum absolute atomic E-state index is 13.2. The van der Waals surface area contributed by atoms with Crippen LogP contribution in [0.3, 0.4) is 0 Å². The molecular weight excluding hydrogens is 280 g/mol. The van der Waals surface area contributed by atoms with Crippen molar-refractivity contribution < 1.29 is 13.5 Å². The molecule has 1 aromatic rings. The first-order valence-corrected chi connectivity index (χ1v) is 6.96. The number of halogens is 2. The van der Waals surface area contributed by atoms with Gasteiger partial charge in [-0.15, -0.1) is 0 Å². The summed E-state index contributed by atoms with van der Waals surface area (Å²) in [6.07, 6.45) is 0.710. The molecule has 0 amide bonds. The van der Waals surface area contributed by atoms with Crippen molar-refractivity contribution in [2.24, 2.45) is 0 Å². The molecule has 8 heteroatoms. The Hall–Kier alpha value is -1.54. The highest BCUT2D eigenvalue weighted by Gasteiger charge is 2.34. The molecule has 1 aliphatic rings. The monoisotopic (exact) mass is 301 g/mol. The van der Waals surface area contributed by atoms with E-state index in [-0.39, 0.29) is 18.9 Å². The van der Waals surface area contributed by atoms with Gasteiger partial charge in [-0.1, -0.05) is 0 Å². The zero-order chi connectivity index (χ0) is 15.3. The molecule has 21 heavy (non-hydrogen) atoms. The van der Waals surface area contributed by atoms with Gasteiger partial charge in [0.15, 0.2) is 0 Å². The molecule has 0 aliphatic heterocycles. The minimum Gasteiger partial charge on any atom is -0.378 e. The normalized spacial score (nSPS) is 18.5. The molecule has 3 N–H and O–H groups in total. The molecule has 1 aliphatic carbocycles. The van der Waals surface area contributed by atoms with Crippen LogP contribution in [0.15, 0.2) is 6.07 Å². The Labute approximate surface area is 122 Å². The smallest absolute Gasteiger partial charge is 0.248 e. The summed E-state index contributed by atoms with van der Waals surface area (Å²) < 4.78 is 31.4. The van der Waals surface area contributed by atoms with Gasteiger partial charge in [-0.25, -0.2) is 19.2 Å². The van der Waals surface area contributed by atoms with Crippen LogP contribution in [-0.2, 0) is 11.3 Å². The van der Waals surface area contributed by atoms with E-state index < -0.39 is 5.92 Å². The highest BCUT2D eigenvalue weighted by molar-refractivity contribution is 5.42. The van der Waals surface area contributed by atoms with Gasteiger partial charge < -0.3 is 10.1 Å². The lowest BCUT2D eigenvalue weighted by Gasteiger charge is -2.29. The second kappa shape index (κ2) is 6.95. The van der Waals surface area contributed by atoms with Crippen LogP contribution in [0.25, 0.3) is 0 Å². The number of rotatable bonds is 6. The second-order valence-corrected chi connectivity index (χ2v) is 5.15. The van der Waals surface area contributed by atoms with Crippen molar-refractivity contribution in [3.63, 3.8) is 0 Å². The van der Waals surface area contributed by atoms with Gasteiger partial charge >= 0.3 is 0 Å². The SMILES string of the molecule is CNNc1nc(COC)cc(NC2CCC(F)(F)CC2)n1. The molecule has 0 radical (unpaired) electrons. The lowest BCUT2D eigenvalue weighted by molar-refractivity contribution is -0.0361. The Morgan fingerprint density at radius 1 is 1.33 bits per heavy atom. The Kier molecular flexibility index (Phi) is 5.24. The highest BCUT2D eigenvalue weighted by Crippen LogP contribution is 2.34. The van der Waals surface area contributed by atoms with Crippen molar-refractivity contribution in [2.45, 2.75) is 44.3 Å². The molecule has 0 bridgehead atoms. The fourth-order valence-corrected chi connectivity index (χ4v) is 2.35. The van der Waals surface area contributed by atoms with Crippen molar-refractivity contribution >= 4 is 11.8 Å². The summed E-state index contributed by atoms with van der Waals surface area (Å²) in [4.78, 5) is 8.56. The van der Waals surface area contributed by atoms with Crippen molar-refractivity contribution in [3.8, 4) is 0 Å². The molecular formula is C13H21F2N5O. The molecule has 0 spiro atoms. The van der Waals surface area contributed by atoms with E-state index in [1.807, 2.05) is 0 Å². The van der Waals surface area contributed by atoms with Crippen LogP contribution < -0.4 is 16.2 Å². The molecule has 1 saturated carbocycles. The van der Waals surface area contributed by atoms with E-state index in [0.29, 0.717) is 36.9 Å². The van der Waals surface area contributed by atoms with E-state index in [0.717, 1.165) is 0 Å². The van der Waals surface area contributed by atoms with Crippen LogP contribution in [0.5, 0.6) is 0 Å². The predicted octanol–water partition coefficient (Wildman–Crippen LogP) is 2.16. The third-order valence-corrected chi connectivity index (χ3v) is 3.38. The average molecular weight is 301 g/mol. The number of alkyl halides is 2. The standard InChI is InChI=1S/C13H21F2N5O/c1-16-20-12-18-10(8-21-2)7-11(19-12)17-9-3-5-13(14,15)6-4-9/h7,9,16H,3-6,8H2,1-2H3,(H2,17,18,19,20). The minimum absolute atomic E-state index is 0.0114. The summed E-state index contributed by atoms with van der Waals surface area (Å²) in [5, 5.41) is 3.21. The fraction of sp³-hybridized carbons (Fsp3) is 0.692. The molecule has 2 rings (SSSR count). The molecule has 0 atom stereocenters. The van der Waals surface area contributed by atoms with Crippen molar-refractivity contribution in [3.05, 3.63) is 11.8 Å². The Bertz CT molecular complexity index is 438. The first kappa shape index (κ1) is 15.8. The maximum atomic E-state index is 13.2. The number of nitrogens with one attached hydrogen (secondary N) is 3. The number of hydrogen-bond donors (Lipinski definition) is 3. The molecule has 0 unspecified atom stereocenters. The Morgan fingerprint density at radius 2 is 2.05 bits per heavy atom. The summed E-state index contributed by atoms with van der Waals surface area (Å²) in [6.45, 7) is 0.359. The average Bonchev–Trinajstić information content (AvgIpc) is 2.42. The summed E-state index contributed by atoms with van der Waals surface area (Å²) in [7, 11) is 3.30. The molecule has 0 aromatic carbocycles. The van der Waals surface area contributed by atoms with E-state index in [1.54, 1.807) is 20.2 Å². The lowest BCUT2D eigenvalue weighted by atomic mass is 9.92. The van der Waals surface area contributed by atoms with Crippen LogP contribution in [0.2, 0.25) is 0 Å². The highest BCUT2D eigenvalue weighted by atomic mass is 19.3. The van der Waals surface area contributed by atoms with Crippen LogP contribution in [0.4, 0.5) is 20.5 Å². The molecule has 1 fully saturated rings. The molecule has 118 valence electrons. The summed E-state index contributed by atoms with van der Waals surface area (Å²) in [5.74, 6) is -1.50. The van der Waals surface area contributed by atoms with Crippen LogP contribution in [-0.4, -0.2) is 36.1 Å². The quantitative estimate of drug-likeness (QED) is 0.700. The first-order chi connectivity index (χ1) is 10.0. The van der Waals surface area contributed by atoms with Crippen molar-refractivity contribution in [1.29, 1.82) is 0 Å². The van der Waals surface area contributed by atoms with Gasteiger partial charge in [0.2, 0.25) is 11.9 Å². The Balaban J connectivity index is 2.04. The van der Waals surface area contributed by atoms with E-state index in [4.69, 9.17) is 4.74 Å². The van der Waals surface area contributed by atoms with Gasteiger partial charge in [0, 0.05) is 39.1 Å². The summed E-state index contributed by atoms with van der Waals surface area (Å²) in [6, 6.07) is 1.79. The number of anilines is 2. The second-order valence-electron chi connectivity index (χ2n) is 5.15. The van der Waals surface area contributed by atoms with Crippen LogP contribution in [0.1, 0.15) is 31.4 Å². The number of hydrazine groups is 1. The molecule has 0 saturated heterocycles. The summed E-state index contributed by atoms with van der Waals surface area (Å²) >= 11 is 0. The van der Waals surface area contributed by atoms with Crippen molar-refractivity contribution in [2.75, 3.05) is 24.9 Å². The van der Waals surface area contributed by atoms with Crippen LogP contribution in [0, 0.1) is 0 Å². The lowest BCUT2D eigenvalue weighted by Crippen LogP contribution is -2.32. The maximum Gasteiger partial charge on any atom is 0.248 e. The third-order valence-electron chi connectivity index (χ3n) is 3.38. The van der Waals surface area contributed by atoms with Gasteiger partial charge in [-0.05, 0) is 12.8 Å². The van der Waals surface area contributed by atoms with E-state index in [1.165, 1.54) is 0 Å². The number of ether oxygens (including phenoxy) is 1. The van der Waals surface area contributed by atoms with E-state index in [9.17, 15) is 8.78 Å². The predicted molar refractivity (Wildman–Crippen MR) is 76.3 cm³/mol. The largest absolute Gasteiger partial charge is 0.378 e. The van der Waals surface area contributed by atoms with Gasteiger partial charge in [-0.3, -0.25) is 5.43 Å². The van der Waals surface area contributed by atoms with E-state index in [2.05, 4.69) is 26.1 Å². The molecule has 1 heterocycles. The van der Waals surface area contributed by atoms with Gasteiger partial charge in [0.25, 0.3) is 0 Å².